The van der Waals surface area contributed by atoms with Crippen LogP contribution in [0.5, 0.6) is 0 Å². The maximum Gasteiger partial charge on any atom is 0.260 e. The van der Waals surface area contributed by atoms with Crippen LogP contribution in [0.2, 0.25) is 0 Å². The van der Waals surface area contributed by atoms with Gasteiger partial charge >= 0.3 is 0 Å². The SMILES string of the molecule is CSc1cccc2sc(N(Cc3cccnc3)C(=O)c3ccc(F)cc3)nc12. The van der Waals surface area contributed by atoms with Crippen molar-refractivity contribution < 1.29 is 9.18 Å². The Balaban J connectivity index is 1.78. The Morgan fingerprint density at radius 2 is 1.96 bits per heavy atom. The van der Waals surface area contributed by atoms with Crippen LogP contribution >= 0.6 is 23.1 Å². The first-order valence-corrected chi connectivity index (χ1v) is 10.6. The van der Waals surface area contributed by atoms with Gasteiger partial charge in [-0.05, 0) is 54.3 Å². The molecule has 0 unspecified atom stereocenters. The average Bonchev–Trinajstić information content (AvgIpc) is 3.17. The van der Waals surface area contributed by atoms with Crippen LogP contribution in [0.4, 0.5) is 9.52 Å². The largest absolute Gasteiger partial charge is 0.279 e. The number of carbonyl (C=O) groups excluding carboxylic acids is 1. The highest BCUT2D eigenvalue weighted by Gasteiger charge is 2.22. The molecule has 0 radical (unpaired) electrons. The second-order valence-electron chi connectivity index (χ2n) is 6.06. The molecule has 2 heterocycles. The van der Waals surface area contributed by atoms with E-state index in [4.69, 9.17) is 4.98 Å². The summed E-state index contributed by atoms with van der Waals surface area (Å²) in [7, 11) is 0. The predicted octanol–water partition coefficient (Wildman–Crippen LogP) is 5.40. The third kappa shape index (κ3) is 3.76. The van der Waals surface area contributed by atoms with Gasteiger partial charge in [-0.25, -0.2) is 9.37 Å². The fourth-order valence-corrected chi connectivity index (χ4v) is 4.46. The third-order valence-electron chi connectivity index (χ3n) is 4.22. The lowest BCUT2D eigenvalue weighted by atomic mass is 10.2. The number of amides is 1. The summed E-state index contributed by atoms with van der Waals surface area (Å²) < 4.78 is 14.3. The molecule has 4 rings (SSSR count). The van der Waals surface area contributed by atoms with Crippen molar-refractivity contribution in [3.8, 4) is 0 Å². The fourth-order valence-electron chi connectivity index (χ4n) is 2.84. The van der Waals surface area contributed by atoms with E-state index in [-0.39, 0.29) is 11.7 Å². The van der Waals surface area contributed by atoms with Crippen LogP contribution in [0.3, 0.4) is 0 Å². The minimum atomic E-state index is -0.375. The fraction of sp³-hybridized carbons (Fsp3) is 0.0952. The molecular weight excluding hydrogens is 393 g/mol. The van der Waals surface area contributed by atoms with E-state index >= 15 is 0 Å². The maximum atomic E-state index is 13.3. The zero-order valence-electron chi connectivity index (χ0n) is 15.0. The van der Waals surface area contributed by atoms with Gasteiger partial charge in [-0.15, -0.1) is 11.8 Å². The minimum Gasteiger partial charge on any atom is -0.279 e. The number of nitrogens with zero attached hydrogens (tertiary/aromatic N) is 3. The van der Waals surface area contributed by atoms with Gasteiger partial charge in [-0.1, -0.05) is 23.5 Å². The second-order valence-corrected chi connectivity index (χ2v) is 7.92. The highest BCUT2D eigenvalue weighted by molar-refractivity contribution is 7.98. The molecule has 0 aliphatic rings. The van der Waals surface area contributed by atoms with Gasteiger partial charge in [0.2, 0.25) is 0 Å². The summed E-state index contributed by atoms with van der Waals surface area (Å²) in [6, 6.07) is 15.3. The van der Waals surface area contributed by atoms with E-state index in [9.17, 15) is 9.18 Å². The number of benzene rings is 2. The number of anilines is 1. The van der Waals surface area contributed by atoms with Crippen molar-refractivity contribution in [2.45, 2.75) is 11.4 Å². The summed E-state index contributed by atoms with van der Waals surface area (Å²) in [4.78, 5) is 24.8. The second kappa shape index (κ2) is 8.08. The molecule has 0 bridgehead atoms. The molecule has 2 aromatic carbocycles. The van der Waals surface area contributed by atoms with Gasteiger partial charge in [0.05, 0.1) is 16.8 Å². The Morgan fingerprint density at radius 3 is 2.68 bits per heavy atom. The van der Waals surface area contributed by atoms with Crippen molar-refractivity contribution in [2.24, 2.45) is 0 Å². The number of rotatable bonds is 5. The van der Waals surface area contributed by atoms with Crippen molar-refractivity contribution in [3.63, 3.8) is 0 Å². The number of pyridine rings is 1. The molecule has 0 aliphatic carbocycles. The molecule has 0 spiro atoms. The summed E-state index contributed by atoms with van der Waals surface area (Å²) in [6.07, 6.45) is 5.43. The van der Waals surface area contributed by atoms with Gasteiger partial charge < -0.3 is 0 Å². The van der Waals surface area contributed by atoms with Crippen molar-refractivity contribution >= 4 is 44.4 Å². The molecule has 0 atom stereocenters. The molecule has 2 aromatic heterocycles. The summed E-state index contributed by atoms with van der Waals surface area (Å²) in [6.45, 7) is 0.332. The van der Waals surface area contributed by atoms with Crippen LogP contribution in [0.1, 0.15) is 15.9 Å². The number of hydrogen-bond donors (Lipinski definition) is 0. The number of hydrogen-bond acceptors (Lipinski definition) is 5. The highest BCUT2D eigenvalue weighted by atomic mass is 32.2. The molecule has 140 valence electrons. The Morgan fingerprint density at radius 1 is 1.14 bits per heavy atom. The number of halogens is 1. The molecular formula is C21H16FN3OS2. The lowest BCUT2D eigenvalue weighted by Crippen LogP contribution is -2.30. The first-order valence-electron chi connectivity index (χ1n) is 8.55. The summed E-state index contributed by atoms with van der Waals surface area (Å²) in [5.74, 6) is -0.603. The molecule has 28 heavy (non-hydrogen) atoms. The van der Waals surface area contributed by atoms with E-state index in [1.165, 1.54) is 35.6 Å². The maximum absolute atomic E-state index is 13.3. The Bertz CT molecular complexity index is 1110. The summed E-state index contributed by atoms with van der Waals surface area (Å²) in [5, 5.41) is 0.606. The van der Waals surface area contributed by atoms with Gasteiger partial charge in [-0.3, -0.25) is 14.7 Å². The molecule has 0 saturated heterocycles. The molecule has 0 fully saturated rings. The van der Waals surface area contributed by atoms with E-state index < -0.39 is 0 Å². The van der Waals surface area contributed by atoms with Crippen LogP contribution in [-0.2, 0) is 6.54 Å². The lowest BCUT2D eigenvalue weighted by molar-refractivity contribution is 0.0985. The van der Waals surface area contributed by atoms with Crippen molar-refractivity contribution in [2.75, 3.05) is 11.2 Å². The first-order chi connectivity index (χ1) is 13.7. The molecule has 0 aliphatic heterocycles. The van der Waals surface area contributed by atoms with E-state index in [2.05, 4.69) is 4.98 Å². The number of fused-ring (bicyclic) bond motifs is 1. The normalized spacial score (nSPS) is 10.9. The minimum absolute atomic E-state index is 0.228. The predicted molar refractivity (Wildman–Crippen MR) is 113 cm³/mol. The lowest BCUT2D eigenvalue weighted by Gasteiger charge is -2.20. The number of thiazole rings is 1. The van der Waals surface area contributed by atoms with Gasteiger partial charge in [0.15, 0.2) is 5.13 Å². The van der Waals surface area contributed by atoms with E-state index in [0.29, 0.717) is 17.2 Å². The molecule has 1 amide bonds. The Hall–Kier alpha value is -2.77. The number of thioether (sulfide) groups is 1. The average molecular weight is 410 g/mol. The zero-order chi connectivity index (χ0) is 19.5. The number of carbonyl (C=O) groups is 1. The molecule has 0 saturated carbocycles. The monoisotopic (exact) mass is 409 g/mol. The van der Waals surface area contributed by atoms with Crippen LogP contribution in [0, 0.1) is 5.82 Å². The van der Waals surface area contributed by atoms with Crippen LogP contribution in [-0.4, -0.2) is 22.1 Å². The van der Waals surface area contributed by atoms with Gasteiger partial charge in [0.25, 0.3) is 5.91 Å². The van der Waals surface area contributed by atoms with E-state index in [0.717, 1.165) is 20.7 Å². The molecule has 4 aromatic rings. The van der Waals surface area contributed by atoms with Crippen molar-refractivity contribution in [1.82, 2.24) is 9.97 Å². The molecule has 4 nitrogen and oxygen atoms in total. The summed E-state index contributed by atoms with van der Waals surface area (Å²) in [5.41, 5.74) is 2.19. The number of aromatic nitrogens is 2. The van der Waals surface area contributed by atoms with E-state index in [1.807, 2.05) is 36.6 Å². The van der Waals surface area contributed by atoms with Gasteiger partial charge in [0, 0.05) is 22.9 Å². The highest BCUT2D eigenvalue weighted by Crippen LogP contribution is 2.35. The van der Waals surface area contributed by atoms with Crippen LogP contribution < -0.4 is 4.90 Å². The smallest absolute Gasteiger partial charge is 0.260 e. The van der Waals surface area contributed by atoms with Gasteiger partial charge in [-0.2, -0.15) is 0 Å². The topological polar surface area (TPSA) is 46.1 Å². The molecule has 7 heteroatoms. The number of para-hydroxylation sites is 1. The van der Waals surface area contributed by atoms with Gasteiger partial charge in [0.1, 0.15) is 5.82 Å². The van der Waals surface area contributed by atoms with Crippen LogP contribution in [0.25, 0.3) is 10.2 Å². The van der Waals surface area contributed by atoms with E-state index in [1.54, 1.807) is 29.1 Å². The first kappa shape index (κ1) is 18.6. The Kier molecular flexibility index (Phi) is 5.36. The Labute approximate surface area is 170 Å². The quantitative estimate of drug-likeness (QED) is 0.414. The molecule has 0 N–H and O–H groups in total. The van der Waals surface area contributed by atoms with Crippen molar-refractivity contribution in [1.29, 1.82) is 0 Å². The summed E-state index contributed by atoms with van der Waals surface area (Å²) >= 11 is 3.09. The third-order valence-corrected chi connectivity index (χ3v) is 6.03. The van der Waals surface area contributed by atoms with Crippen molar-refractivity contribution in [3.05, 3.63) is 83.9 Å². The van der Waals surface area contributed by atoms with Crippen LogP contribution in [0.15, 0.2) is 71.9 Å². The standard InChI is InChI=1S/C21H16FN3OS2/c1-27-17-5-2-6-18-19(17)24-21(28-18)25(13-14-4-3-11-23-12-14)20(26)15-7-9-16(22)10-8-15/h2-12H,13H2,1H3. The zero-order valence-corrected chi connectivity index (χ0v) is 16.6.